The van der Waals surface area contributed by atoms with E-state index in [1.54, 1.807) is 0 Å². The summed E-state index contributed by atoms with van der Waals surface area (Å²) in [6.45, 7) is 4.76. The molecule has 2 aromatic rings. The molecule has 0 spiro atoms. The number of rotatable bonds is 6. The number of sulfonamides is 1. The molecule has 0 bridgehead atoms. The number of nitrogens with zero attached hydrogens (tertiary/aromatic N) is 2. The first kappa shape index (κ1) is 27.0. The van der Waals surface area contributed by atoms with Gasteiger partial charge in [0.05, 0.1) is 17.1 Å². The second-order valence-corrected chi connectivity index (χ2v) is 11.4. The monoisotopic (exact) mass is 545 g/mol. The maximum Gasteiger partial charge on any atom is 0.427 e. The Bertz CT molecular complexity index is 1270. The van der Waals surface area contributed by atoms with Gasteiger partial charge in [-0.15, -0.1) is 0 Å². The molecule has 2 atom stereocenters. The standard InChI is InChI=1S/C24H27F4N3O5S/c1-15-10-11-30(15)13-18-14-31(37(33,34)19-7-4-16(25)5-8-19)20-12-17(6-9-21(20)35-18)29-22(32)36-23(2,3)24(26,27)28/h4-9,12,15,18H,10-11,13-14H2,1-3H3,(H,29,32). The zero-order valence-corrected chi connectivity index (χ0v) is 21.2. The number of carbonyl (C=O) groups is 1. The summed E-state index contributed by atoms with van der Waals surface area (Å²) in [6.07, 6.45) is -5.65. The fraction of sp³-hybridized carbons (Fsp3) is 0.458. The lowest BCUT2D eigenvalue weighted by Gasteiger charge is -2.43. The van der Waals surface area contributed by atoms with Crippen molar-refractivity contribution in [3.63, 3.8) is 0 Å². The fourth-order valence-electron chi connectivity index (χ4n) is 3.98. The first-order valence-electron chi connectivity index (χ1n) is 11.6. The summed E-state index contributed by atoms with van der Waals surface area (Å²) in [6, 6.07) is 8.77. The van der Waals surface area contributed by atoms with Gasteiger partial charge >= 0.3 is 12.3 Å². The molecule has 202 valence electrons. The van der Waals surface area contributed by atoms with E-state index in [2.05, 4.69) is 21.9 Å². The Morgan fingerprint density at radius 2 is 1.84 bits per heavy atom. The topological polar surface area (TPSA) is 88.2 Å². The van der Waals surface area contributed by atoms with E-state index in [0.717, 1.165) is 41.5 Å². The number of hydrogen-bond donors (Lipinski definition) is 1. The van der Waals surface area contributed by atoms with Gasteiger partial charge < -0.3 is 9.47 Å². The predicted octanol–water partition coefficient (Wildman–Crippen LogP) is 4.77. The summed E-state index contributed by atoms with van der Waals surface area (Å²) in [4.78, 5) is 14.2. The number of amides is 1. The van der Waals surface area contributed by atoms with E-state index in [-0.39, 0.29) is 28.6 Å². The van der Waals surface area contributed by atoms with Gasteiger partial charge in [-0.1, -0.05) is 0 Å². The molecular weight excluding hydrogens is 518 g/mol. The number of alkyl halides is 3. The molecule has 2 aliphatic heterocycles. The predicted molar refractivity (Wildman–Crippen MR) is 128 cm³/mol. The van der Waals surface area contributed by atoms with Gasteiger partial charge in [0.1, 0.15) is 17.7 Å². The van der Waals surface area contributed by atoms with E-state index in [4.69, 9.17) is 4.74 Å². The summed E-state index contributed by atoms with van der Waals surface area (Å²) in [5.41, 5.74) is -2.67. The molecule has 2 unspecified atom stereocenters. The van der Waals surface area contributed by atoms with Crippen molar-refractivity contribution in [1.82, 2.24) is 4.90 Å². The van der Waals surface area contributed by atoms with Crippen molar-refractivity contribution in [2.45, 2.75) is 56.0 Å². The van der Waals surface area contributed by atoms with Crippen LogP contribution in [0, 0.1) is 5.82 Å². The zero-order chi connectivity index (χ0) is 27.2. The molecule has 2 heterocycles. The number of anilines is 2. The van der Waals surface area contributed by atoms with Crippen LogP contribution in [0.2, 0.25) is 0 Å². The van der Waals surface area contributed by atoms with Crippen LogP contribution in [0.25, 0.3) is 0 Å². The highest BCUT2D eigenvalue weighted by molar-refractivity contribution is 7.92. The van der Waals surface area contributed by atoms with Crippen molar-refractivity contribution in [3.05, 3.63) is 48.3 Å². The maximum atomic E-state index is 13.6. The number of halogens is 4. The number of ether oxygens (including phenoxy) is 2. The Balaban J connectivity index is 1.64. The molecular formula is C24H27F4N3O5S. The molecule has 13 heteroatoms. The first-order chi connectivity index (χ1) is 17.2. The van der Waals surface area contributed by atoms with Crippen molar-refractivity contribution in [2.75, 3.05) is 29.3 Å². The Morgan fingerprint density at radius 3 is 2.41 bits per heavy atom. The fourth-order valence-corrected chi connectivity index (χ4v) is 5.48. The molecule has 0 aliphatic carbocycles. The van der Waals surface area contributed by atoms with Crippen LogP contribution in [0.4, 0.5) is 33.7 Å². The van der Waals surface area contributed by atoms with E-state index in [9.17, 15) is 30.8 Å². The van der Waals surface area contributed by atoms with Gasteiger partial charge in [0, 0.05) is 24.8 Å². The van der Waals surface area contributed by atoms with Crippen molar-refractivity contribution < 1.29 is 40.2 Å². The molecule has 0 saturated carbocycles. The summed E-state index contributed by atoms with van der Waals surface area (Å²) >= 11 is 0. The maximum absolute atomic E-state index is 13.6. The molecule has 2 aliphatic rings. The highest BCUT2D eigenvalue weighted by atomic mass is 32.2. The smallest absolute Gasteiger partial charge is 0.427 e. The number of hydrogen-bond acceptors (Lipinski definition) is 6. The molecule has 1 fully saturated rings. The van der Waals surface area contributed by atoms with Crippen molar-refractivity contribution in [1.29, 1.82) is 0 Å². The van der Waals surface area contributed by atoms with Gasteiger partial charge in [-0.25, -0.2) is 17.6 Å². The number of likely N-dealkylation sites (tertiary alicyclic amines) is 1. The summed E-state index contributed by atoms with van der Waals surface area (Å²) in [7, 11) is -4.18. The zero-order valence-electron chi connectivity index (χ0n) is 20.4. The Kier molecular flexibility index (Phi) is 7.06. The van der Waals surface area contributed by atoms with Crippen molar-refractivity contribution in [3.8, 4) is 5.75 Å². The second-order valence-electron chi connectivity index (χ2n) is 9.57. The van der Waals surface area contributed by atoms with Gasteiger partial charge in [-0.3, -0.25) is 14.5 Å². The van der Waals surface area contributed by atoms with E-state index in [1.165, 1.54) is 18.2 Å². The van der Waals surface area contributed by atoms with Gasteiger partial charge in [-0.2, -0.15) is 13.2 Å². The van der Waals surface area contributed by atoms with E-state index in [0.29, 0.717) is 26.4 Å². The lowest BCUT2D eigenvalue weighted by atomic mass is 10.0. The van der Waals surface area contributed by atoms with E-state index < -0.39 is 39.8 Å². The second kappa shape index (κ2) is 9.67. The van der Waals surface area contributed by atoms with Crippen molar-refractivity contribution >= 4 is 27.5 Å². The molecule has 1 amide bonds. The van der Waals surface area contributed by atoms with Crippen LogP contribution in [0.5, 0.6) is 5.75 Å². The Hall–Kier alpha value is -3.06. The minimum absolute atomic E-state index is 0.000513. The largest absolute Gasteiger partial charge is 0.485 e. The van der Waals surface area contributed by atoms with E-state index >= 15 is 0 Å². The molecule has 0 aromatic heterocycles. The SMILES string of the molecule is CC1CCN1CC1CN(S(=O)(=O)c2ccc(F)cc2)c2cc(NC(=O)OC(C)(C)C(F)(F)F)ccc2O1. The number of nitrogens with one attached hydrogen (secondary N) is 1. The van der Waals surface area contributed by atoms with Gasteiger partial charge in [0.25, 0.3) is 10.0 Å². The van der Waals surface area contributed by atoms with E-state index in [1.807, 2.05) is 0 Å². The molecule has 0 radical (unpaired) electrons. The number of carbonyl (C=O) groups excluding carboxylic acids is 1. The molecule has 1 N–H and O–H groups in total. The number of fused-ring (bicyclic) bond motifs is 1. The van der Waals surface area contributed by atoms with Crippen LogP contribution in [0.3, 0.4) is 0 Å². The summed E-state index contributed by atoms with van der Waals surface area (Å²) < 4.78 is 91.5. The van der Waals surface area contributed by atoms with Crippen LogP contribution < -0.4 is 14.4 Å². The first-order valence-corrected chi connectivity index (χ1v) is 13.0. The Labute approximate surface area is 212 Å². The summed E-state index contributed by atoms with van der Waals surface area (Å²) in [5, 5.41) is 2.21. The third-order valence-electron chi connectivity index (χ3n) is 6.46. The average Bonchev–Trinajstić information content (AvgIpc) is 2.80. The highest BCUT2D eigenvalue weighted by Gasteiger charge is 2.51. The summed E-state index contributed by atoms with van der Waals surface area (Å²) in [5.74, 6) is -0.387. The quantitative estimate of drug-likeness (QED) is 0.527. The van der Waals surface area contributed by atoms with Crippen molar-refractivity contribution in [2.24, 2.45) is 0 Å². The normalized spacial score (nSPS) is 20.5. The molecule has 1 saturated heterocycles. The lowest BCUT2D eigenvalue weighted by molar-refractivity contribution is -0.242. The molecule has 4 rings (SSSR count). The molecule has 2 aromatic carbocycles. The van der Waals surface area contributed by atoms with Crippen LogP contribution in [-0.2, 0) is 14.8 Å². The third-order valence-corrected chi connectivity index (χ3v) is 8.26. The third kappa shape index (κ3) is 5.61. The minimum Gasteiger partial charge on any atom is -0.485 e. The lowest BCUT2D eigenvalue weighted by Crippen LogP contribution is -2.54. The molecule has 8 nitrogen and oxygen atoms in total. The number of benzene rings is 2. The van der Waals surface area contributed by atoms with Gasteiger partial charge in [-0.05, 0) is 69.7 Å². The average molecular weight is 546 g/mol. The van der Waals surface area contributed by atoms with Crippen LogP contribution in [0.15, 0.2) is 47.4 Å². The van der Waals surface area contributed by atoms with Gasteiger partial charge in [0.15, 0.2) is 0 Å². The van der Waals surface area contributed by atoms with Crippen LogP contribution in [-0.4, -0.2) is 63.0 Å². The molecule has 37 heavy (non-hydrogen) atoms. The Morgan fingerprint density at radius 1 is 1.16 bits per heavy atom. The van der Waals surface area contributed by atoms with Gasteiger partial charge in [0.2, 0.25) is 5.60 Å². The van der Waals surface area contributed by atoms with Crippen LogP contribution >= 0.6 is 0 Å². The minimum atomic E-state index is -4.79. The highest BCUT2D eigenvalue weighted by Crippen LogP contribution is 2.40. The van der Waals surface area contributed by atoms with Crippen LogP contribution in [0.1, 0.15) is 27.2 Å².